The standard InChI is InChI=1S/C14H16N2O2/c1-15-8-11-12(9-15)14(18)16(13(11)17)7-10-5-3-2-4-6-10/h2-6,11-12H,7-9H2,1H3/t11-,12+. The summed E-state index contributed by atoms with van der Waals surface area (Å²) in [6, 6.07) is 9.67. The predicted molar refractivity (Wildman–Crippen MR) is 66.5 cm³/mol. The van der Waals surface area contributed by atoms with E-state index in [1.807, 2.05) is 37.4 Å². The lowest BCUT2D eigenvalue weighted by Crippen LogP contribution is -2.34. The average molecular weight is 244 g/mol. The summed E-state index contributed by atoms with van der Waals surface area (Å²) < 4.78 is 0. The number of carbonyl (C=O) groups is 2. The third kappa shape index (κ3) is 1.73. The minimum atomic E-state index is -0.119. The summed E-state index contributed by atoms with van der Waals surface area (Å²) in [5.41, 5.74) is 1.01. The summed E-state index contributed by atoms with van der Waals surface area (Å²) in [7, 11) is 1.96. The quantitative estimate of drug-likeness (QED) is 0.720. The first kappa shape index (κ1) is 11.4. The van der Waals surface area contributed by atoms with Crippen LogP contribution < -0.4 is 0 Å². The number of amides is 2. The summed E-state index contributed by atoms with van der Waals surface area (Å²) in [6.45, 7) is 1.83. The molecule has 4 heteroatoms. The molecule has 2 fully saturated rings. The van der Waals surface area contributed by atoms with Gasteiger partial charge in [-0.3, -0.25) is 14.5 Å². The van der Waals surface area contributed by atoms with E-state index in [-0.39, 0.29) is 23.7 Å². The maximum atomic E-state index is 12.2. The number of fused-ring (bicyclic) bond motifs is 1. The fraction of sp³-hybridized carbons (Fsp3) is 0.429. The molecule has 0 unspecified atom stereocenters. The van der Waals surface area contributed by atoms with E-state index in [2.05, 4.69) is 4.90 Å². The molecule has 2 saturated heterocycles. The highest BCUT2D eigenvalue weighted by Crippen LogP contribution is 2.33. The Hall–Kier alpha value is -1.68. The van der Waals surface area contributed by atoms with Gasteiger partial charge < -0.3 is 4.90 Å². The second kappa shape index (κ2) is 4.21. The maximum Gasteiger partial charge on any atom is 0.234 e. The number of hydrogen-bond acceptors (Lipinski definition) is 3. The molecule has 18 heavy (non-hydrogen) atoms. The smallest absolute Gasteiger partial charge is 0.234 e. The van der Waals surface area contributed by atoms with Crippen LogP contribution in [-0.4, -0.2) is 41.8 Å². The second-order valence-corrected chi connectivity index (χ2v) is 5.18. The molecule has 0 radical (unpaired) electrons. The number of nitrogens with zero attached hydrogens (tertiary/aromatic N) is 2. The molecule has 2 aliphatic heterocycles. The summed E-state index contributed by atoms with van der Waals surface area (Å²) >= 11 is 0. The van der Waals surface area contributed by atoms with Crippen molar-refractivity contribution in [1.82, 2.24) is 9.80 Å². The van der Waals surface area contributed by atoms with Crippen molar-refractivity contribution in [1.29, 1.82) is 0 Å². The Balaban J connectivity index is 1.79. The van der Waals surface area contributed by atoms with Gasteiger partial charge in [0.25, 0.3) is 0 Å². The zero-order chi connectivity index (χ0) is 12.7. The molecule has 2 atom stereocenters. The normalized spacial score (nSPS) is 27.9. The van der Waals surface area contributed by atoms with E-state index in [0.29, 0.717) is 19.6 Å². The molecule has 2 amide bonds. The van der Waals surface area contributed by atoms with Gasteiger partial charge in [0.05, 0.1) is 18.4 Å². The van der Waals surface area contributed by atoms with E-state index in [4.69, 9.17) is 0 Å². The molecule has 94 valence electrons. The molecule has 2 aliphatic rings. The molecule has 0 aliphatic carbocycles. The van der Waals surface area contributed by atoms with Crippen LogP contribution in [0.2, 0.25) is 0 Å². The topological polar surface area (TPSA) is 40.6 Å². The molecule has 1 aromatic carbocycles. The van der Waals surface area contributed by atoms with Crippen molar-refractivity contribution in [3.8, 4) is 0 Å². The van der Waals surface area contributed by atoms with Crippen molar-refractivity contribution in [2.45, 2.75) is 6.54 Å². The molecule has 4 nitrogen and oxygen atoms in total. The molecule has 3 rings (SSSR count). The first-order chi connectivity index (χ1) is 8.66. The van der Waals surface area contributed by atoms with E-state index in [0.717, 1.165) is 5.56 Å². The zero-order valence-corrected chi connectivity index (χ0v) is 10.4. The van der Waals surface area contributed by atoms with Crippen LogP contribution in [0, 0.1) is 11.8 Å². The lowest BCUT2D eigenvalue weighted by atomic mass is 10.00. The molecule has 1 aromatic rings. The van der Waals surface area contributed by atoms with Crippen molar-refractivity contribution in [3.63, 3.8) is 0 Å². The summed E-state index contributed by atoms with van der Waals surface area (Å²) in [6.07, 6.45) is 0. The second-order valence-electron chi connectivity index (χ2n) is 5.18. The van der Waals surface area contributed by atoms with Gasteiger partial charge in [0.15, 0.2) is 0 Å². The molecule has 2 heterocycles. The number of hydrogen-bond donors (Lipinski definition) is 0. The van der Waals surface area contributed by atoms with Crippen molar-refractivity contribution in [2.24, 2.45) is 11.8 Å². The number of likely N-dealkylation sites (tertiary alicyclic amines) is 2. The van der Waals surface area contributed by atoms with Gasteiger partial charge in [-0.25, -0.2) is 0 Å². The Kier molecular flexibility index (Phi) is 2.67. The Morgan fingerprint density at radius 1 is 1.06 bits per heavy atom. The van der Waals surface area contributed by atoms with Crippen molar-refractivity contribution in [2.75, 3.05) is 20.1 Å². The van der Waals surface area contributed by atoms with Crippen LogP contribution in [0.15, 0.2) is 30.3 Å². The summed E-state index contributed by atoms with van der Waals surface area (Å²) in [5.74, 6) is -0.242. The zero-order valence-electron chi connectivity index (χ0n) is 10.4. The van der Waals surface area contributed by atoms with Crippen LogP contribution in [0.5, 0.6) is 0 Å². The van der Waals surface area contributed by atoms with Gasteiger partial charge in [-0.1, -0.05) is 30.3 Å². The Morgan fingerprint density at radius 3 is 2.17 bits per heavy atom. The summed E-state index contributed by atoms with van der Waals surface area (Å²) in [5, 5.41) is 0. The molecule has 0 spiro atoms. The third-order valence-corrected chi connectivity index (χ3v) is 3.85. The van der Waals surface area contributed by atoms with Crippen LogP contribution in [0.4, 0.5) is 0 Å². The van der Waals surface area contributed by atoms with Crippen LogP contribution in [0.1, 0.15) is 5.56 Å². The first-order valence-electron chi connectivity index (χ1n) is 6.24. The van der Waals surface area contributed by atoms with E-state index >= 15 is 0 Å². The largest absolute Gasteiger partial charge is 0.305 e. The number of carbonyl (C=O) groups excluding carboxylic acids is 2. The lowest BCUT2D eigenvalue weighted by Gasteiger charge is -2.17. The van der Waals surface area contributed by atoms with Crippen molar-refractivity contribution in [3.05, 3.63) is 35.9 Å². The van der Waals surface area contributed by atoms with Crippen LogP contribution in [0.3, 0.4) is 0 Å². The minimum absolute atomic E-state index is 0.00166. The van der Waals surface area contributed by atoms with Gasteiger partial charge >= 0.3 is 0 Å². The van der Waals surface area contributed by atoms with Gasteiger partial charge in [-0.05, 0) is 12.6 Å². The maximum absolute atomic E-state index is 12.2. The van der Waals surface area contributed by atoms with Gasteiger partial charge in [0, 0.05) is 13.1 Å². The number of imide groups is 1. The monoisotopic (exact) mass is 244 g/mol. The predicted octanol–water partition coefficient (Wildman–Crippen LogP) is 0.733. The average Bonchev–Trinajstić information content (AvgIpc) is 2.85. The minimum Gasteiger partial charge on any atom is -0.305 e. The third-order valence-electron chi connectivity index (χ3n) is 3.85. The highest BCUT2D eigenvalue weighted by molar-refractivity contribution is 6.05. The molecule has 0 aromatic heterocycles. The van der Waals surface area contributed by atoms with E-state index < -0.39 is 0 Å². The Bertz CT molecular complexity index is 462. The highest BCUT2D eigenvalue weighted by Gasteiger charge is 2.51. The fourth-order valence-corrected chi connectivity index (χ4v) is 2.93. The Morgan fingerprint density at radius 2 is 1.61 bits per heavy atom. The summed E-state index contributed by atoms with van der Waals surface area (Å²) in [4.78, 5) is 27.9. The molecular formula is C14H16N2O2. The fourth-order valence-electron chi connectivity index (χ4n) is 2.93. The lowest BCUT2D eigenvalue weighted by molar-refractivity contribution is -0.141. The van der Waals surface area contributed by atoms with E-state index in [1.54, 1.807) is 0 Å². The first-order valence-corrected chi connectivity index (χ1v) is 6.24. The number of rotatable bonds is 2. The van der Waals surface area contributed by atoms with Gasteiger partial charge in [-0.15, -0.1) is 0 Å². The van der Waals surface area contributed by atoms with Crippen molar-refractivity contribution >= 4 is 11.8 Å². The van der Waals surface area contributed by atoms with E-state index in [1.165, 1.54) is 4.90 Å². The SMILES string of the molecule is CN1C[C@@H]2C(=O)N(Cc3ccccc3)C(=O)[C@@H]2C1. The molecule has 0 bridgehead atoms. The Labute approximate surface area is 106 Å². The van der Waals surface area contributed by atoms with Crippen molar-refractivity contribution < 1.29 is 9.59 Å². The van der Waals surface area contributed by atoms with Gasteiger partial charge in [-0.2, -0.15) is 0 Å². The molecule has 0 N–H and O–H groups in total. The van der Waals surface area contributed by atoms with Crippen LogP contribution >= 0.6 is 0 Å². The molecular weight excluding hydrogens is 228 g/mol. The van der Waals surface area contributed by atoms with Gasteiger partial charge in [0.1, 0.15) is 0 Å². The van der Waals surface area contributed by atoms with Crippen LogP contribution in [0.25, 0.3) is 0 Å². The number of benzene rings is 1. The van der Waals surface area contributed by atoms with E-state index in [9.17, 15) is 9.59 Å². The highest BCUT2D eigenvalue weighted by atomic mass is 16.2. The van der Waals surface area contributed by atoms with Gasteiger partial charge in [0.2, 0.25) is 11.8 Å². The molecule has 0 saturated carbocycles. The van der Waals surface area contributed by atoms with Crippen LogP contribution in [-0.2, 0) is 16.1 Å².